The summed E-state index contributed by atoms with van der Waals surface area (Å²) >= 11 is 0. The van der Waals surface area contributed by atoms with Gasteiger partial charge in [-0.3, -0.25) is 14.4 Å². The molecular formula is C28H28F3N5O5. The fourth-order valence-electron chi connectivity index (χ4n) is 4.42. The van der Waals surface area contributed by atoms with Crippen LogP contribution in [0.5, 0.6) is 17.2 Å². The average molecular weight is 572 g/mol. The molecular weight excluding hydrogens is 543 g/mol. The van der Waals surface area contributed by atoms with Crippen LogP contribution in [0.1, 0.15) is 41.3 Å². The van der Waals surface area contributed by atoms with Crippen molar-refractivity contribution in [2.45, 2.75) is 38.0 Å². The lowest BCUT2D eigenvalue weighted by Crippen LogP contribution is -2.63. The Kier molecular flexibility index (Phi) is 8.74. The minimum Gasteiger partial charge on any atom is -0.497 e. The lowest BCUT2D eigenvalue weighted by atomic mass is 9.85. The van der Waals surface area contributed by atoms with E-state index in [9.17, 15) is 27.6 Å². The van der Waals surface area contributed by atoms with E-state index in [1.54, 1.807) is 17.0 Å². The van der Waals surface area contributed by atoms with Gasteiger partial charge in [-0.2, -0.15) is 13.2 Å². The minimum atomic E-state index is -4.65. The SMILES string of the molecule is COc1ccc(Oc2ccc(CNC(=O)C3(NC(=O)c4cncnc4)CCN(C(C)=O)CC3)cc2)c(C(F)(F)F)c1. The van der Waals surface area contributed by atoms with Gasteiger partial charge in [0.1, 0.15) is 34.7 Å². The summed E-state index contributed by atoms with van der Waals surface area (Å²) in [5, 5.41) is 5.65. The van der Waals surface area contributed by atoms with E-state index in [0.29, 0.717) is 5.56 Å². The van der Waals surface area contributed by atoms with Gasteiger partial charge in [0.25, 0.3) is 5.91 Å². The number of likely N-dealkylation sites (tertiary alicyclic amines) is 1. The second kappa shape index (κ2) is 12.2. The molecule has 0 aliphatic carbocycles. The summed E-state index contributed by atoms with van der Waals surface area (Å²) in [4.78, 5) is 47.4. The predicted molar refractivity (Wildman–Crippen MR) is 140 cm³/mol. The molecule has 13 heteroatoms. The molecule has 0 atom stereocenters. The lowest BCUT2D eigenvalue weighted by molar-refractivity contribution is -0.138. The third kappa shape index (κ3) is 7.10. The molecule has 10 nitrogen and oxygen atoms in total. The number of hydrogen-bond acceptors (Lipinski definition) is 7. The quantitative estimate of drug-likeness (QED) is 0.423. The number of benzene rings is 2. The van der Waals surface area contributed by atoms with Crippen LogP contribution in [0.4, 0.5) is 13.2 Å². The van der Waals surface area contributed by atoms with Crippen molar-refractivity contribution >= 4 is 17.7 Å². The highest BCUT2D eigenvalue weighted by molar-refractivity contribution is 5.99. The van der Waals surface area contributed by atoms with E-state index in [1.807, 2.05) is 0 Å². The maximum Gasteiger partial charge on any atom is 0.420 e. The number of amides is 3. The Morgan fingerprint density at radius 3 is 2.22 bits per heavy atom. The zero-order chi connectivity index (χ0) is 29.6. The molecule has 2 aromatic carbocycles. The summed E-state index contributed by atoms with van der Waals surface area (Å²) in [7, 11) is 1.27. The molecule has 1 saturated heterocycles. The molecule has 1 aliphatic heterocycles. The summed E-state index contributed by atoms with van der Waals surface area (Å²) in [6.07, 6.45) is -0.277. The van der Waals surface area contributed by atoms with Crippen molar-refractivity contribution in [3.63, 3.8) is 0 Å². The summed E-state index contributed by atoms with van der Waals surface area (Å²) in [5.41, 5.74) is -1.41. The van der Waals surface area contributed by atoms with Crippen molar-refractivity contribution < 1.29 is 37.0 Å². The third-order valence-electron chi connectivity index (χ3n) is 6.77. The van der Waals surface area contributed by atoms with Gasteiger partial charge in [0.2, 0.25) is 11.8 Å². The Hall–Kier alpha value is -4.68. The smallest absolute Gasteiger partial charge is 0.420 e. The molecule has 0 spiro atoms. The lowest BCUT2D eigenvalue weighted by Gasteiger charge is -2.40. The largest absolute Gasteiger partial charge is 0.497 e. The molecule has 2 N–H and O–H groups in total. The minimum absolute atomic E-state index is 0.0498. The average Bonchev–Trinajstić information content (AvgIpc) is 2.97. The summed E-state index contributed by atoms with van der Waals surface area (Å²) in [6, 6.07) is 9.61. The van der Waals surface area contributed by atoms with Crippen molar-refractivity contribution in [3.05, 3.63) is 77.9 Å². The van der Waals surface area contributed by atoms with Crippen molar-refractivity contribution in [1.82, 2.24) is 25.5 Å². The van der Waals surface area contributed by atoms with Crippen LogP contribution in [0.3, 0.4) is 0 Å². The molecule has 1 aromatic heterocycles. The van der Waals surface area contributed by atoms with E-state index in [1.165, 1.54) is 57.0 Å². The molecule has 0 radical (unpaired) electrons. The highest BCUT2D eigenvalue weighted by atomic mass is 19.4. The zero-order valence-electron chi connectivity index (χ0n) is 22.3. The van der Waals surface area contributed by atoms with Crippen LogP contribution in [0.25, 0.3) is 0 Å². The van der Waals surface area contributed by atoms with E-state index in [2.05, 4.69) is 20.6 Å². The number of methoxy groups -OCH3 is 1. The number of nitrogens with one attached hydrogen (secondary N) is 2. The molecule has 1 fully saturated rings. The number of nitrogens with zero attached hydrogens (tertiary/aromatic N) is 3. The highest BCUT2D eigenvalue weighted by Gasteiger charge is 2.43. The first kappa shape index (κ1) is 29.3. The number of hydrogen-bond donors (Lipinski definition) is 2. The van der Waals surface area contributed by atoms with Crippen LogP contribution in [0, 0.1) is 0 Å². The monoisotopic (exact) mass is 571 g/mol. The van der Waals surface area contributed by atoms with Gasteiger partial charge < -0.3 is 25.0 Å². The molecule has 0 bridgehead atoms. The predicted octanol–water partition coefficient (Wildman–Crippen LogP) is 3.72. The van der Waals surface area contributed by atoms with Gasteiger partial charge in [0.05, 0.1) is 12.7 Å². The number of piperidine rings is 1. The first-order chi connectivity index (χ1) is 19.5. The van der Waals surface area contributed by atoms with E-state index in [0.717, 1.165) is 6.07 Å². The Morgan fingerprint density at radius 1 is 1.00 bits per heavy atom. The number of aromatic nitrogens is 2. The fourth-order valence-corrected chi connectivity index (χ4v) is 4.42. The molecule has 41 heavy (non-hydrogen) atoms. The van der Waals surface area contributed by atoms with Crippen LogP contribution in [0.15, 0.2) is 61.2 Å². The van der Waals surface area contributed by atoms with Gasteiger partial charge in [0, 0.05) is 39.0 Å². The number of halogens is 3. The summed E-state index contributed by atoms with van der Waals surface area (Å²) < 4.78 is 50.9. The summed E-state index contributed by atoms with van der Waals surface area (Å²) in [6.45, 7) is 2.09. The van der Waals surface area contributed by atoms with Gasteiger partial charge in [0.15, 0.2) is 0 Å². The van der Waals surface area contributed by atoms with Gasteiger partial charge in [-0.05, 0) is 48.7 Å². The van der Waals surface area contributed by atoms with Crippen LogP contribution >= 0.6 is 0 Å². The molecule has 4 rings (SSSR count). The van der Waals surface area contributed by atoms with E-state index in [-0.39, 0.29) is 61.2 Å². The molecule has 0 saturated carbocycles. The number of ether oxygens (including phenoxy) is 2. The third-order valence-corrected chi connectivity index (χ3v) is 6.77. The van der Waals surface area contributed by atoms with E-state index < -0.39 is 29.1 Å². The summed E-state index contributed by atoms with van der Waals surface area (Å²) in [5.74, 6) is -1.23. The van der Waals surface area contributed by atoms with Crippen LogP contribution in [-0.2, 0) is 22.3 Å². The Morgan fingerprint density at radius 2 is 1.63 bits per heavy atom. The number of carbonyl (C=O) groups excluding carboxylic acids is 3. The van der Waals surface area contributed by atoms with Gasteiger partial charge in [-0.1, -0.05) is 12.1 Å². The van der Waals surface area contributed by atoms with E-state index >= 15 is 0 Å². The highest BCUT2D eigenvalue weighted by Crippen LogP contribution is 2.40. The molecule has 3 amide bonds. The molecule has 0 unspecified atom stereocenters. The van der Waals surface area contributed by atoms with Crippen LogP contribution in [-0.4, -0.2) is 58.3 Å². The molecule has 2 heterocycles. The first-order valence-corrected chi connectivity index (χ1v) is 12.6. The standard InChI is InChI=1S/C28H28F3N5O5/c1-18(37)36-11-9-27(10-12-36,35-25(38)20-15-32-17-33-16-20)26(39)34-14-19-3-5-21(6-4-19)41-24-8-7-22(40-2)13-23(24)28(29,30)31/h3-8,13,15-17H,9-12,14H2,1-2H3,(H,34,39)(H,35,38). The maximum absolute atomic E-state index is 13.5. The van der Waals surface area contributed by atoms with Crippen LogP contribution < -0.4 is 20.1 Å². The van der Waals surface area contributed by atoms with Gasteiger partial charge in [-0.25, -0.2) is 9.97 Å². The maximum atomic E-state index is 13.5. The van der Waals surface area contributed by atoms with Gasteiger partial charge in [-0.15, -0.1) is 0 Å². The number of rotatable bonds is 8. The Bertz CT molecular complexity index is 1390. The fraction of sp³-hybridized carbons (Fsp3) is 0.321. The van der Waals surface area contributed by atoms with Crippen molar-refractivity contribution in [3.8, 4) is 17.2 Å². The van der Waals surface area contributed by atoms with Crippen molar-refractivity contribution in [2.75, 3.05) is 20.2 Å². The number of carbonyl (C=O) groups is 3. The number of alkyl halides is 3. The topological polar surface area (TPSA) is 123 Å². The second-order valence-corrected chi connectivity index (χ2v) is 9.46. The van der Waals surface area contributed by atoms with E-state index in [4.69, 9.17) is 9.47 Å². The second-order valence-electron chi connectivity index (χ2n) is 9.46. The van der Waals surface area contributed by atoms with Gasteiger partial charge >= 0.3 is 6.18 Å². The first-order valence-electron chi connectivity index (χ1n) is 12.6. The molecule has 1 aliphatic rings. The Balaban J connectivity index is 1.44. The Labute approximate surface area is 233 Å². The normalized spacial score (nSPS) is 14.6. The molecule has 216 valence electrons. The van der Waals surface area contributed by atoms with Crippen molar-refractivity contribution in [2.24, 2.45) is 0 Å². The zero-order valence-corrected chi connectivity index (χ0v) is 22.3. The van der Waals surface area contributed by atoms with Crippen molar-refractivity contribution in [1.29, 1.82) is 0 Å². The molecule has 3 aromatic rings. The van der Waals surface area contributed by atoms with Crippen LogP contribution in [0.2, 0.25) is 0 Å².